The van der Waals surface area contributed by atoms with Crippen molar-refractivity contribution in [2.75, 3.05) is 0 Å². The SMILES string of the molecule is N#Cc1ccc(CNCc2cc(Cl)ccc2O)cc1. The fourth-order valence-corrected chi connectivity index (χ4v) is 1.93. The first-order valence-corrected chi connectivity index (χ1v) is 6.24. The van der Waals surface area contributed by atoms with Crippen LogP contribution in [0.2, 0.25) is 5.02 Å². The predicted octanol–water partition coefficient (Wildman–Crippen LogP) is 3.21. The highest BCUT2D eigenvalue weighted by molar-refractivity contribution is 6.30. The summed E-state index contributed by atoms with van der Waals surface area (Å²) in [5.41, 5.74) is 2.50. The minimum absolute atomic E-state index is 0.233. The fourth-order valence-electron chi connectivity index (χ4n) is 1.73. The van der Waals surface area contributed by atoms with E-state index in [4.69, 9.17) is 16.9 Å². The van der Waals surface area contributed by atoms with E-state index in [2.05, 4.69) is 11.4 Å². The maximum absolute atomic E-state index is 9.67. The Morgan fingerprint density at radius 3 is 2.53 bits per heavy atom. The summed E-state index contributed by atoms with van der Waals surface area (Å²) in [6, 6.07) is 14.4. The molecule has 2 aromatic rings. The predicted molar refractivity (Wildman–Crippen MR) is 74.8 cm³/mol. The summed E-state index contributed by atoms with van der Waals surface area (Å²) in [5.74, 6) is 0.233. The number of halogens is 1. The average Bonchev–Trinajstić information content (AvgIpc) is 2.43. The van der Waals surface area contributed by atoms with Gasteiger partial charge in [0.2, 0.25) is 0 Å². The lowest BCUT2D eigenvalue weighted by Crippen LogP contribution is -2.12. The van der Waals surface area contributed by atoms with Gasteiger partial charge in [0.1, 0.15) is 5.75 Å². The van der Waals surface area contributed by atoms with Gasteiger partial charge in [-0.05, 0) is 35.9 Å². The van der Waals surface area contributed by atoms with Crippen LogP contribution in [-0.4, -0.2) is 5.11 Å². The normalized spacial score (nSPS) is 10.1. The molecule has 0 heterocycles. The van der Waals surface area contributed by atoms with Crippen molar-refractivity contribution in [3.8, 4) is 11.8 Å². The number of hydrogen-bond acceptors (Lipinski definition) is 3. The molecule has 0 bridgehead atoms. The van der Waals surface area contributed by atoms with Gasteiger partial charge in [0, 0.05) is 23.7 Å². The Balaban J connectivity index is 1.92. The Kier molecular flexibility index (Phi) is 4.40. The second-order valence-electron chi connectivity index (χ2n) is 4.19. The average molecular weight is 273 g/mol. The smallest absolute Gasteiger partial charge is 0.120 e. The number of phenols is 1. The van der Waals surface area contributed by atoms with Gasteiger partial charge < -0.3 is 10.4 Å². The quantitative estimate of drug-likeness (QED) is 0.899. The van der Waals surface area contributed by atoms with Crippen molar-refractivity contribution in [2.45, 2.75) is 13.1 Å². The molecule has 0 atom stereocenters. The lowest BCUT2D eigenvalue weighted by molar-refractivity contribution is 0.464. The maximum Gasteiger partial charge on any atom is 0.120 e. The number of hydrogen-bond donors (Lipinski definition) is 2. The molecule has 0 fully saturated rings. The number of aromatic hydroxyl groups is 1. The summed E-state index contributed by atoms with van der Waals surface area (Å²) in [5, 5.41) is 22.2. The lowest BCUT2D eigenvalue weighted by atomic mass is 10.1. The van der Waals surface area contributed by atoms with E-state index >= 15 is 0 Å². The molecule has 2 rings (SSSR count). The highest BCUT2D eigenvalue weighted by Gasteiger charge is 2.02. The van der Waals surface area contributed by atoms with Gasteiger partial charge in [-0.15, -0.1) is 0 Å². The van der Waals surface area contributed by atoms with E-state index in [0.717, 1.165) is 11.1 Å². The standard InChI is InChI=1S/C15H13ClN2O/c16-14-5-6-15(19)13(7-14)10-18-9-12-3-1-11(8-17)2-4-12/h1-7,18-19H,9-10H2. The van der Waals surface area contributed by atoms with Crippen molar-refractivity contribution in [3.05, 3.63) is 64.2 Å². The molecule has 96 valence electrons. The highest BCUT2D eigenvalue weighted by Crippen LogP contribution is 2.21. The van der Waals surface area contributed by atoms with Crippen LogP contribution >= 0.6 is 11.6 Å². The topological polar surface area (TPSA) is 56.0 Å². The monoisotopic (exact) mass is 272 g/mol. The third kappa shape index (κ3) is 3.72. The van der Waals surface area contributed by atoms with Crippen LogP contribution in [-0.2, 0) is 13.1 Å². The van der Waals surface area contributed by atoms with Crippen LogP contribution in [0.5, 0.6) is 5.75 Å². The van der Waals surface area contributed by atoms with Crippen LogP contribution in [0.4, 0.5) is 0 Å². The molecule has 0 saturated carbocycles. The largest absolute Gasteiger partial charge is 0.508 e. The van der Waals surface area contributed by atoms with Crippen molar-refractivity contribution >= 4 is 11.6 Å². The maximum atomic E-state index is 9.67. The van der Waals surface area contributed by atoms with Gasteiger partial charge in [0.05, 0.1) is 11.6 Å². The van der Waals surface area contributed by atoms with Gasteiger partial charge in [-0.1, -0.05) is 23.7 Å². The molecular formula is C15H13ClN2O. The zero-order valence-electron chi connectivity index (χ0n) is 10.2. The molecule has 2 N–H and O–H groups in total. The van der Waals surface area contributed by atoms with Crippen molar-refractivity contribution < 1.29 is 5.11 Å². The number of phenolic OH excluding ortho intramolecular Hbond substituents is 1. The van der Waals surface area contributed by atoms with Gasteiger partial charge >= 0.3 is 0 Å². The number of nitrogens with one attached hydrogen (secondary N) is 1. The van der Waals surface area contributed by atoms with E-state index < -0.39 is 0 Å². The molecule has 0 spiro atoms. The number of rotatable bonds is 4. The molecule has 0 amide bonds. The molecule has 4 heteroatoms. The molecule has 0 aliphatic heterocycles. The van der Waals surface area contributed by atoms with Gasteiger partial charge in [-0.2, -0.15) is 5.26 Å². The molecule has 0 radical (unpaired) electrons. The van der Waals surface area contributed by atoms with Crippen LogP contribution in [0.3, 0.4) is 0 Å². The summed E-state index contributed by atoms with van der Waals surface area (Å²) in [6.45, 7) is 1.20. The minimum Gasteiger partial charge on any atom is -0.508 e. The first-order chi connectivity index (χ1) is 9.19. The molecule has 19 heavy (non-hydrogen) atoms. The number of nitriles is 1. The Hall–Kier alpha value is -2.02. The van der Waals surface area contributed by atoms with Gasteiger partial charge in [-0.3, -0.25) is 0 Å². The van der Waals surface area contributed by atoms with Crippen LogP contribution in [0.1, 0.15) is 16.7 Å². The number of benzene rings is 2. The number of nitrogens with zero attached hydrogens (tertiary/aromatic N) is 1. The zero-order valence-corrected chi connectivity index (χ0v) is 11.0. The Labute approximate surface area is 117 Å². The Morgan fingerprint density at radius 1 is 1.11 bits per heavy atom. The Morgan fingerprint density at radius 2 is 1.84 bits per heavy atom. The van der Waals surface area contributed by atoms with Gasteiger partial charge in [-0.25, -0.2) is 0 Å². The summed E-state index contributed by atoms with van der Waals surface area (Å²) in [6.07, 6.45) is 0. The van der Waals surface area contributed by atoms with Gasteiger partial charge in [0.15, 0.2) is 0 Å². The van der Waals surface area contributed by atoms with Crippen molar-refractivity contribution in [3.63, 3.8) is 0 Å². The molecular weight excluding hydrogens is 260 g/mol. The summed E-state index contributed by atoms with van der Waals surface area (Å²) < 4.78 is 0. The van der Waals surface area contributed by atoms with E-state index in [0.29, 0.717) is 23.7 Å². The van der Waals surface area contributed by atoms with Crippen molar-refractivity contribution in [2.24, 2.45) is 0 Å². The highest BCUT2D eigenvalue weighted by atomic mass is 35.5. The van der Waals surface area contributed by atoms with E-state index in [1.807, 2.05) is 12.1 Å². The van der Waals surface area contributed by atoms with Crippen molar-refractivity contribution in [1.29, 1.82) is 5.26 Å². The van der Waals surface area contributed by atoms with Crippen LogP contribution in [0.25, 0.3) is 0 Å². The molecule has 0 saturated heterocycles. The third-order valence-corrected chi connectivity index (χ3v) is 3.00. The molecule has 2 aromatic carbocycles. The zero-order chi connectivity index (χ0) is 13.7. The van der Waals surface area contributed by atoms with Crippen LogP contribution in [0, 0.1) is 11.3 Å². The van der Waals surface area contributed by atoms with Crippen molar-refractivity contribution in [1.82, 2.24) is 5.32 Å². The lowest BCUT2D eigenvalue weighted by Gasteiger charge is -2.07. The Bertz CT molecular complexity index is 603. The molecule has 0 aromatic heterocycles. The molecule has 3 nitrogen and oxygen atoms in total. The van der Waals surface area contributed by atoms with E-state index in [9.17, 15) is 5.11 Å². The van der Waals surface area contributed by atoms with Crippen LogP contribution in [0.15, 0.2) is 42.5 Å². The van der Waals surface area contributed by atoms with E-state index in [1.165, 1.54) is 0 Å². The second kappa shape index (κ2) is 6.24. The molecule has 0 unspecified atom stereocenters. The van der Waals surface area contributed by atoms with E-state index in [-0.39, 0.29) is 5.75 Å². The summed E-state index contributed by atoms with van der Waals surface area (Å²) in [4.78, 5) is 0. The molecule has 0 aliphatic carbocycles. The minimum atomic E-state index is 0.233. The third-order valence-electron chi connectivity index (χ3n) is 2.77. The first-order valence-electron chi connectivity index (χ1n) is 5.86. The van der Waals surface area contributed by atoms with Gasteiger partial charge in [0.25, 0.3) is 0 Å². The summed E-state index contributed by atoms with van der Waals surface area (Å²) in [7, 11) is 0. The summed E-state index contributed by atoms with van der Waals surface area (Å²) >= 11 is 5.88. The van der Waals surface area contributed by atoms with E-state index in [1.54, 1.807) is 30.3 Å². The molecule has 0 aliphatic rings. The van der Waals surface area contributed by atoms with Crippen LogP contribution < -0.4 is 5.32 Å². The fraction of sp³-hybridized carbons (Fsp3) is 0.133. The first kappa shape index (κ1) is 13.4. The second-order valence-corrected chi connectivity index (χ2v) is 4.62.